The number of halogens is 1. The van der Waals surface area contributed by atoms with Crippen LogP contribution in [0.4, 0.5) is 4.39 Å². The van der Waals surface area contributed by atoms with Crippen molar-refractivity contribution in [3.05, 3.63) is 51.7 Å². The van der Waals surface area contributed by atoms with Gasteiger partial charge >= 0.3 is 0 Å². The lowest BCUT2D eigenvalue weighted by Crippen LogP contribution is -2.18. The Hall–Kier alpha value is -1.97. The third kappa shape index (κ3) is 2.32. The second kappa shape index (κ2) is 4.72. The van der Waals surface area contributed by atoms with Crippen LogP contribution in [0.15, 0.2) is 29.1 Å². The van der Waals surface area contributed by atoms with Gasteiger partial charge in [-0.15, -0.1) is 0 Å². The Balaban J connectivity index is 2.59. The molecule has 2 rings (SSSR count). The number of nitrogens with one attached hydrogen (secondary N) is 1. The minimum Gasteiger partial charge on any atom is -0.306 e. The maximum absolute atomic E-state index is 13.1. The van der Waals surface area contributed by atoms with Gasteiger partial charge in [-0.25, -0.2) is 9.37 Å². The molecule has 0 aliphatic carbocycles. The van der Waals surface area contributed by atoms with Gasteiger partial charge in [0.1, 0.15) is 11.6 Å². The van der Waals surface area contributed by atoms with Gasteiger partial charge in [0.25, 0.3) is 5.56 Å². The van der Waals surface area contributed by atoms with E-state index >= 15 is 0 Å². The summed E-state index contributed by atoms with van der Waals surface area (Å²) >= 11 is 0. The van der Waals surface area contributed by atoms with Crippen molar-refractivity contribution in [3.8, 4) is 11.4 Å². The molecule has 0 saturated heterocycles. The Bertz CT molecular complexity index is 632. The lowest BCUT2D eigenvalue weighted by atomic mass is 10.0. The van der Waals surface area contributed by atoms with Crippen molar-refractivity contribution in [2.45, 2.75) is 26.7 Å². The molecule has 1 heterocycles. The fourth-order valence-electron chi connectivity index (χ4n) is 2.05. The van der Waals surface area contributed by atoms with Gasteiger partial charge in [0.15, 0.2) is 0 Å². The van der Waals surface area contributed by atoms with Crippen molar-refractivity contribution in [2.75, 3.05) is 0 Å². The highest BCUT2D eigenvalue weighted by atomic mass is 19.1. The normalized spacial score (nSPS) is 10.9. The van der Waals surface area contributed by atoms with Crippen LogP contribution in [-0.2, 0) is 0 Å². The number of aromatic amines is 1. The third-order valence-corrected chi connectivity index (χ3v) is 2.82. The molecule has 18 heavy (non-hydrogen) atoms. The first-order valence-electron chi connectivity index (χ1n) is 5.86. The Kier molecular flexibility index (Phi) is 3.28. The zero-order valence-corrected chi connectivity index (χ0v) is 10.6. The SMILES string of the molecule is Cc1nc(-c2cccc(F)c2)[nH]c(=O)c1C(C)C. The molecule has 3 nitrogen and oxygen atoms in total. The number of aromatic nitrogens is 2. The smallest absolute Gasteiger partial charge is 0.254 e. The number of hydrogen-bond donors (Lipinski definition) is 1. The van der Waals surface area contributed by atoms with Crippen LogP contribution in [0.25, 0.3) is 11.4 Å². The Morgan fingerprint density at radius 1 is 1.33 bits per heavy atom. The predicted octanol–water partition coefficient (Wildman–Crippen LogP) is 3.01. The van der Waals surface area contributed by atoms with E-state index in [1.54, 1.807) is 19.1 Å². The van der Waals surface area contributed by atoms with E-state index in [9.17, 15) is 9.18 Å². The maximum atomic E-state index is 13.1. The molecular weight excluding hydrogens is 231 g/mol. The van der Waals surface area contributed by atoms with E-state index < -0.39 is 0 Å². The molecule has 0 saturated carbocycles. The van der Waals surface area contributed by atoms with E-state index in [-0.39, 0.29) is 17.3 Å². The Labute approximate surface area is 105 Å². The maximum Gasteiger partial charge on any atom is 0.254 e. The first-order chi connectivity index (χ1) is 8.49. The van der Waals surface area contributed by atoms with Crippen molar-refractivity contribution in [3.63, 3.8) is 0 Å². The topological polar surface area (TPSA) is 45.8 Å². The largest absolute Gasteiger partial charge is 0.306 e. The number of nitrogens with zero attached hydrogens (tertiary/aromatic N) is 1. The summed E-state index contributed by atoms with van der Waals surface area (Å²) in [5.74, 6) is 0.171. The van der Waals surface area contributed by atoms with E-state index in [4.69, 9.17) is 0 Å². The number of rotatable bonds is 2. The fourth-order valence-corrected chi connectivity index (χ4v) is 2.05. The van der Waals surface area contributed by atoms with E-state index in [0.717, 1.165) is 0 Å². The van der Waals surface area contributed by atoms with Gasteiger partial charge < -0.3 is 4.98 Å². The fraction of sp³-hybridized carbons (Fsp3) is 0.286. The minimum atomic E-state index is -0.347. The zero-order valence-electron chi connectivity index (χ0n) is 10.6. The lowest BCUT2D eigenvalue weighted by Gasteiger charge is -2.09. The van der Waals surface area contributed by atoms with Gasteiger partial charge in [-0.2, -0.15) is 0 Å². The highest BCUT2D eigenvalue weighted by Gasteiger charge is 2.12. The molecule has 0 fully saturated rings. The quantitative estimate of drug-likeness (QED) is 0.885. The number of H-pyrrole nitrogens is 1. The molecule has 0 spiro atoms. The monoisotopic (exact) mass is 246 g/mol. The Morgan fingerprint density at radius 2 is 2.06 bits per heavy atom. The lowest BCUT2D eigenvalue weighted by molar-refractivity contribution is 0.628. The number of hydrogen-bond acceptors (Lipinski definition) is 2. The standard InChI is InChI=1S/C14H15FN2O/c1-8(2)12-9(3)16-13(17-14(12)18)10-5-4-6-11(15)7-10/h4-8H,1-3H3,(H,16,17,18). The highest BCUT2D eigenvalue weighted by molar-refractivity contribution is 5.55. The molecule has 2 aromatic rings. The van der Waals surface area contributed by atoms with Gasteiger partial charge in [0.05, 0.1) is 0 Å². The molecule has 0 unspecified atom stereocenters. The van der Waals surface area contributed by atoms with Crippen LogP contribution >= 0.6 is 0 Å². The molecule has 0 atom stereocenters. The molecule has 0 aliphatic rings. The van der Waals surface area contributed by atoms with Gasteiger partial charge in [0, 0.05) is 16.8 Å². The van der Waals surface area contributed by atoms with E-state index in [1.165, 1.54) is 12.1 Å². The van der Waals surface area contributed by atoms with Crippen molar-refractivity contribution in [1.82, 2.24) is 9.97 Å². The van der Waals surface area contributed by atoms with Crippen LogP contribution in [0.5, 0.6) is 0 Å². The summed E-state index contributed by atoms with van der Waals surface area (Å²) in [6.45, 7) is 5.69. The van der Waals surface area contributed by atoms with E-state index in [2.05, 4.69) is 9.97 Å². The highest BCUT2D eigenvalue weighted by Crippen LogP contribution is 2.18. The second-order valence-corrected chi connectivity index (χ2v) is 4.58. The van der Waals surface area contributed by atoms with Crippen LogP contribution in [0.3, 0.4) is 0 Å². The summed E-state index contributed by atoms with van der Waals surface area (Å²) in [6, 6.07) is 6.02. The molecule has 4 heteroatoms. The average Bonchev–Trinajstić information content (AvgIpc) is 2.27. The van der Waals surface area contributed by atoms with Gasteiger partial charge in [-0.05, 0) is 25.0 Å². The van der Waals surface area contributed by atoms with Crippen molar-refractivity contribution >= 4 is 0 Å². The summed E-state index contributed by atoms with van der Waals surface area (Å²) < 4.78 is 13.1. The van der Waals surface area contributed by atoms with E-state index in [1.807, 2.05) is 13.8 Å². The summed E-state index contributed by atoms with van der Waals surface area (Å²) in [5, 5.41) is 0. The van der Waals surface area contributed by atoms with Crippen molar-refractivity contribution < 1.29 is 4.39 Å². The van der Waals surface area contributed by atoms with Gasteiger partial charge in [0.2, 0.25) is 0 Å². The molecule has 1 aromatic heterocycles. The number of benzene rings is 1. The predicted molar refractivity (Wildman–Crippen MR) is 69.1 cm³/mol. The molecule has 1 N–H and O–H groups in total. The molecule has 0 aliphatic heterocycles. The molecule has 0 radical (unpaired) electrons. The third-order valence-electron chi connectivity index (χ3n) is 2.82. The van der Waals surface area contributed by atoms with Crippen LogP contribution < -0.4 is 5.56 Å². The second-order valence-electron chi connectivity index (χ2n) is 4.58. The van der Waals surface area contributed by atoms with Crippen LogP contribution in [0, 0.1) is 12.7 Å². The molecule has 94 valence electrons. The zero-order chi connectivity index (χ0) is 13.3. The van der Waals surface area contributed by atoms with E-state index in [0.29, 0.717) is 22.6 Å². The molecule has 1 aromatic carbocycles. The first-order valence-corrected chi connectivity index (χ1v) is 5.86. The average molecular weight is 246 g/mol. The van der Waals surface area contributed by atoms with Crippen molar-refractivity contribution in [1.29, 1.82) is 0 Å². The van der Waals surface area contributed by atoms with Gasteiger partial charge in [-0.3, -0.25) is 4.79 Å². The van der Waals surface area contributed by atoms with Crippen LogP contribution in [0.2, 0.25) is 0 Å². The number of aryl methyl sites for hydroxylation is 1. The molecule has 0 bridgehead atoms. The van der Waals surface area contributed by atoms with Gasteiger partial charge in [-0.1, -0.05) is 26.0 Å². The molecule has 0 amide bonds. The summed E-state index contributed by atoms with van der Waals surface area (Å²) in [7, 11) is 0. The summed E-state index contributed by atoms with van der Waals surface area (Å²) in [5.41, 5.74) is 1.78. The summed E-state index contributed by atoms with van der Waals surface area (Å²) in [4.78, 5) is 19.0. The minimum absolute atomic E-state index is 0.114. The van der Waals surface area contributed by atoms with Crippen molar-refractivity contribution in [2.24, 2.45) is 0 Å². The van der Waals surface area contributed by atoms with Crippen LogP contribution in [-0.4, -0.2) is 9.97 Å². The molecular formula is C14H15FN2O. The first kappa shape index (κ1) is 12.5. The van der Waals surface area contributed by atoms with Crippen LogP contribution in [0.1, 0.15) is 31.0 Å². The summed E-state index contributed by atoms with van der Waals surface area (Å²) in [6.07, 6.45) is 0. The Morgan fingerprint density at radius 3 is 2.61 bits per heavy atom.